The second-order valence-corrected chi connectivity index (χ2v) is 11.1. The number of nitrogens with one attached hydrogen (secondary N) is 2. The van der Waals surface area contributed by atoms with Gasteiger partial charge in [-0.2, -0.15) is 0 Å². The average molecular weight is 591 g/mol. The summed E-state index contributed by atoms with van der Waals surface area (Å²) in [5.74, 6) is -2.08. The van der Waals surface area contributed by atoms with Gasteiger partial charge in [-0.25, -0.2) is 4.79 Å². The van der Waals surface area contributed by atoms with Crippen LogP contribution in [0.15, 0.2) is 24.3 Å². The highest BCUT2D eigenvalue weighted by atomic mass is 16.6. The normalized spacial score (nSPS) is 12.5. The minimum absolute atomic E-state index is 0.0209. The third-order valence-electron chi connectivity index (χ3n) is 6.40. The number of hydrogen-bond acceptors (Lipinski definition) is 7. The van der Waals surface area contributed by atoms with Gasteiger partial charge in [-0.3, -0.25) is 19.2 Å². The minimum atomic E-state index is -1.16. The molecule has 2 unspecified atom stereocenters. The number of alkyl carbamates (subject to hydrolysis) is 1. The zero-order valence-electron chi connectivity index (χ0n) is 26.1. The topological polar surface area (TPSA) is 157 Å². The van der Waals surface area contributed by atoms with Gasteiger partial charge < -0.3 is 30.7 Å². The van der Waals surface area contributed by atoms with Crippen LogP contribution in [0.4, 0.5) is 4.79 Å². The van der Waals surface area contributed by atoms with E-state index in [0.29, 0.717) is 12.0 Å². The number of unbranched alkanes of at least 4 members (excludes halogenated alkanes) is 3. The molecule has 2 atom stereocenters. The monoisotopic (exact) mass is 590 g/mol. The molecule has 0 saturated heterocycles. The van der Waals surface area contributed by atoms with Crippen LogP contribution in [0.5, 0.6) is 0 Å². The SMILES string of the molecule is CCCCCCN(C(=O)C(CCC(N)=O)NC(=O)OC(C)(C)C)C(C(=O)NCCC(=O)OCC)c1ccc(CC)cc1. The molecule has 11 heteroatoms. The molecule has 1 rings (SSSR count). The number of aryl methyl sites for hydroxylation is 1. The third kappa shape index (κ3) is 13.8. The molecule has 11 nitrogen and oxygen atoms in total. The molecule has 0 bridgehead atoms. The van der Waals surface area contributed by atoms with E-state index in [1.165, 1.54) is 4.90 Å². The summed E-state index contributed by atoms with van der Waals surface area (Å²) in [5, 5.41) is 5.37. The third-order valence-corrected chi connectivity index (χ3v) is 6.40. The lowest BCUT2D eigenvalue weighted by molar-refractivity contribution is -0.144. The van der Waals surface area contributed by atoms with Crippen LogP contribution in [0, 0.1) is 0 Å². The van der Waals surface area contributed by atoms with Crippen LogP contribution >= 0.6 is 0 Å². The molecule has 0 heterocycles. The van der Waals surface area contributed by atoms with Crippen LogP contribution in [0.25, 0.3) is 0 Å². The first-order valence-electron chi connectivity index (χ1n) is 14.9. The Morgan fingerprint density at radius 2 is 1.62 bits per heavy atom. The van der Waals surface area contributed by atoms with Gasteiger partial charge in [0, 0.05) is 19.5 Å². The number of benzene rings is 1. The smallest absolute Gasteiger partial charge is 0.408 e. The van der Waals surface area contributed by atoms with E-state index in [1.807, 2.05) is 19.1 Å². The summed E-state index contributed by atoms with van der Waals surface area (Å²) in [6.07, 6.45) is 3.11. The standard InChI is InChI=1S/C31H50N4O7/c1-7-10-11-12-21-35(29(39)24(17-18-25(32)36)34-30(40)42-31(4,5)6)27(23-15-13-22(8-2)14-16-23)28(38)33-20-19-26(37)41-9-3/h13-16,24,27H,7-12,17-21H2,1-6H3,(H2,32,36)(H,33,38)(H,34,40). The molecule has 0 spiro atoms. The quantitative estimate of drug-likeness (QED) is 0.173. The first-order chi connectivity index (χ1) is 19.8. The molecule has 1 aromatic rings. The minimum Gasteiger partial charge on any atom is -0.466 e. The van der Waals surface area contributed by atoms with Crippen LogP contribution in [0.1, 0.15) is 104 Å². The highest BCUT2D eigenvalue weighted by molar-refractivity contribution is 5.92. The molecule has 1 aromatic carbocycles. The summed E-state index contributed by atoms with van der Waals surface area (Å²) in [5.41, 5.74) is 6.21. The highest BCUT2D eigenvalue weighted by Crippen LogP contribution is 2.25. The predicted octanol–water partition coefficient (Wildman–Crippen LogP) is 3.93. The molecule has 0 aliphatic carbocycles. The summed E-state index contributed by atoms with van der Waals surface area (Å²) < 4.78 is 10.3. The van der Waals surface area contributed by atoms with Crippen molar-refractivity contribution < 1.29 is 33.4 Å². The number of amides is 4. The van der Waals surface area contributed by atoms with Crippen molar-refractivity contribution in [1.29, 1.82) is 0 Å². The number of ether oxygens (including phenoxy) is 2. The summed E-state index contributed by atoms with van der Waals surface area (Å²) in [4.78, 5) is 65.6. The van der Waals surface area contributed by atoms with Gasteiger partial charge in [0.05, 0.1) is 13.0 Å². The molecule has 236 valence electrons. The number of esters is 1. The lowest BCUT2D eigenvalue weighted by atomic mass is 9.99. The van der Waals surface area contributed by atoms with Crippen molar-refractivity contribution in [3.8, 4) is 0 Å². The van der Waals surface area contributed by atoms with Crippen molar-refractivity contribution in [2.24, 2.45) is 5.73 Å². The summed E-state index contributed by atoms with van der Waals surface area (Å²) in [6, 6.07) is 5.20. The summed E-state index contributed by atoms with van der Waals surface area (Å²) in [7, 11) is 0. The number of hydrogen-bond donors (Lipinski definition) is 3. The molecule has 0 saturated carbocycles. The van der Waals surface area contributed by atoms with Crippen LogP contribution in [0.3, 0.4) is 0 Å². The van der Waals surface area contributed by atoms with Gasteiger partial charge in [0.15, 0.2) is 0 Å². The number of nitrogens with zero attached hydrogens (tertiary/aromatic N) is 1. The van der Waals surface area contributed by atoms with Gasteiger partial charge in [0.1, 0.15) is 17.7 Å². The number of rotatable bonds is 18. The largest absolute Gasteiger partial charge is 0.466 e. The van der Waals surface area contributed by atoms with E-state index in [9.17, 15) is 24.0 Å². The van der Waals surface area contributed by atoms with E-state index in [0.717, 1.165) is 31.2 Å². The molecule has 0 aliphatic heterocycles. The fourth-order valence-corrected chi connectivity index (χ4v) is 4.30. The number of carbonyl (C=O) groups excluding carboxylic acids is 5. The van der Waals surface area contributed by atoms with E-state index in [4.69, 9.17) is 15.2 Å². The first-order valence-corrected chi connectivity index (χ1v) is 14.9. The van der Waals surface area contributed by atoms with Crippen molar-refractivity contribution >= 4 is 29.8 Å². The Labute approximate surface area is 250 Å². The Hall–Kier alpha value is -3.63. The van der Waals surface area contributed by atoms with Gasteiger partial charge in [0.2, 0.25) is 17.7 Å². The summed E-state index contributed by atoms with van der Waals surface area (Å²) >= 11 is 0. The van der Waals surface area contributed by atoms with E-state index in [-0.39, 0.29) is 39.0 Å². The molecule has 0 fully saturated rings. The molecular weight excluding hydrogens is 540 g/mol. The lowest BCUT2D eigenvalue weighted by Crippen LogP contribution is -2.53. The molecular formula is C31H50N4O7. The fraction of sp³-hybridized carbons (Fsp3) is 0.645. The molecule has 42 heavy (non-hydrogen) atoms. The number of carbonyl (C=O) groups is 5. The zero-order valence-corrected chi connectivity index (χ0v) is 26.1. The van der Waals surface area contributed by atoms with Crippen molar-refractivity contribution in [2.75, 3.05) is 19.7 Å². The number of primary amides is 1. The molecule has 0 radical (unpaired) electrons. The first kappa shape index (κ1) is 36.4. The fourth-order valence-electron chi connectivity index (χ4n) is 4.30. The molecule has 4 N–H and O–H groups in total. The van der Waals surface area contributed by atoms with Crippen LogP contribution in [0.2, 0.25) is 0 Å². The average Bonchev–Trinajstić information content (AvgIpc) is 2.91. The highest BCUT2D eigenvalue weighted by Gasteiger charge is 2.36. The Balaban J connectivity index is 3.48. The lowest BCUT2D eigenvalue weighted by Gasteiger charge is -2.34. The number of nitrogens with two attached hydrogens (primary N) is 1. The Bertz CT molecular complexity index is 1020. The Morgan fingerprint density at radius 3 is 2.17 bits per heavy atom. The van der Waals surface area contributed by atoms with Gasteiger partial charge in [0.25, 0.3) is 0 Å². The van der Waals surface area contributed by atoms with E-state index in [2.05, 4.69) is 17.6 Å². The van der Waals surface area contributed by atoms with Gasteiger partial charge in [-0.1, -0.05) is 57.4 Å². The van der Waals surface area contributed by atoms with Crippen LogP contribution < -0.4 is 16.4 Å². The summed E-state index contributed by atoms with van der Waals surface area (Å²) in [6.45, 7) is 11.4. The van der Waals surface area contributed by atoms with E-state index < -0.39 is 47.5 Å². The maximum absolute atomic E-state index is 14.2. The predicted molar refractivity (Wildman–Crippen MR) is 160 cm³/mol. The van der Waals surface area contributed by atoms with Gasteiger partial charge >= 0.3 is 12.1 Å². The van der Waals surface area contributed by atoms with Crippen molar-refractivity contribution in [2.45, 2.75) is 111 Å². The van der Waals surface area contributed by atoms with Gasteiger partial charge in [-0.15, -0.1) is 0 Å². The van der Waals surface area contributed by atoms with Crippen molar-refractivity contribution in [3.05, 3.63) is 35.4 Å². The second kappa shape index (κ2) is 18.7. The van der Waals surface area contributed by atoms with Crippen LogP contribution in [-0.2, 0) is 35.1 Å². The van der Waals surface area contributed by atoms with Crippen LogP contribution in [-0.4, -0.2) is 66.0 Å². The molecule has 4 amide bonds. The van der Waals surface area contributed by atoms with Crippen molar-refractivity contribution in [3.63, 3.8) is 0 Å². The maximum Gasteiger partial charge on any atom is 0.408 e. The zero-order chi connectivity index (χ0) is 31.7. The second-order valence-electron chi connectivity index (χ2n) is 11.1. The Morgan fingerprint density at radius 1 is 0.952 bits per heavy atom. The Kier molecular flexibility index (Phi) is 16.2. The van der Waals surface area contributed by atoms with Crippen molar-refractivity contribution in [1.82, 2.24) is 15.5 Å². The molecule has 0 aliphatic rings. The van der Waals surface area contributed by atoms with E-state index in [1.54, 1.807) is 39.8 Å². The van der Waals surface area contributed by atoms with E-state index >= 15 is 0 Å². The molecule has 0 aromatic heterocycles. The van der Waals surface area contributed by atoms with Gasteiger partial charge in [-0.05, 0) is 58.1 Å². The maximum atomic E-state index is 14.2.